The minimum Gasteiger partial charge on any atom is -0.497 e. The maximum absolute atomic E-state index is 14.2. The largest absolute Gasteiger partial charge is 0.497 e. The van der Waals surface area contributed by atoms with E-state index >= 15 is 0 Å². The number of nitrogens with zero attached hydrogens (tertiary/aromatic N) is 3. The molecule has 2 amide bonds. The zero-order valence-corrected chi connectivity index (χ0v) is 22.5. The number of hydrogen-bond donors (Lipinski definition) is 1. The van der Waals surface area contributed by atoms with E-state index in [0.29, 0.717) is 40.1 Å². The molecule has 3 aromatic rings. The minimum absolute atomic E-state index is 0.0386. The second-order valence-corrected chi connectivity index (χ2v) is 10.4. The summed E-state index contributed by atoms with van der Waals surface area (Å²) >= 11 is 1.18. The molecule has 10 heteroatoms. The average Bonchev–Trinajstić information content (AvgIpc) is 3.53. The lowest BCUT2D eigenvalue weighted by Gasteiger charge is -2.23. The number of carbonyl (C=O) groups excluding carboxylic acids is 2. The van der Waals surface area contributed by atoms with Crippen LogP contribution in [0.5, 0.6) is 11.5 Å². The highest BCUT2D eigenvalue weighted by atomic mass is 32.2. The average molecular weight is 547 g/mol. The first-order chi connectivity index (χ1) is 18.8. The molecule has 5 rings (SSSR count). The molecular weight excluding hydrogens is 519 g/mol. The summed E-state index contributed by atoms with van der Waals surface area (Å²) in [6, 6.07) is 18.7. The number of benzene rings is 3. The van der Waals surface area contributed by atoms with Crippen molar-refractivity contribution in [2.45, 2.75) is 31.1 Å². The van der Waals surface area contributed by atoms with Gasteiger partial charge in [0.05, 0.1) is 26.0 Å². The zero-order valence-electron chi connectivity index (χ0n) is 21.7. The molecule has 2 atom stereocenters. The summed E-state index contributed by atoms with van der Waals surface area (Å²) in [5.74, 6) is 0.181. The van der Waals surface area contributed by atoms with Gasteiger partial charge in [0.1, 0.15) is 22.6 Å². The number of aliphatic imine (C=N–C) groups is 1. The molecule has 0 fully saturated rings. The maximum atomic E-state index is 14.2. The predicted octanol–water partition coefficient (Wildman–Crippen LogP) is 5.33. The number of aryl methyl sites for hydroxylation is 1. The summed E-state index contributed by atoms with van der Waals surface area (Å²) in [6.45, 7) is 1.96. The van der Waals surface area contributed by atoms with E-state index in [1.807, 2.05) is 43.3 Å². The summed E-state index contributed by atoms with van der Waals surface area (Å²) in [4.78, 5) is 29.8. The van der Waals surface area contributed by atoms with Gasteiger partial charge in [0.2, 0.25) is 5.91 Å². The standard InChI is InChI=1S/C29H27FN4O4S/c1-17-7-9-20(10-8-17)31-27(35)16-26-28(36)32-29(39-26)34-24(18-5-4-6-19(30)13-18)15-23(33-34)22-14-21(37-2)11-12-25(22)38-3/h4-14,24,26H,15-16H2,1-3H3,(H,31,35)/t24-,26-/m0/s1. The lowest BCUT2D eigenvalue weighted by atomic mass is 9.98. The lowest BCUT2D eigenvalue weighted by molar-refractivity contribution is -0.121. The molecule has 0 aliphatic carbocycles. The number of nitrogens with one attached hydrogen (secondary N) is 1. The van der Waals surface area contributed by atoms with Crippen molar-refractivity contribution in [3.8, 4) is 11.5 Å². The van der Waals surface area contributed by atoms with Crippen molar-refractivity contribution in [1.82, 2.24) is 5.01 Å². The molecule has 0 saturated carbocycles. The molecule has 0 radical (unpaired) electrons. The number of thioether (sulfide) groups is 1. The Kier molecular flexibility index (Phi) is 7.65. The second kappa shape index (κ2) is 11.3. The highest BCUT2D eigenvalue weighted by Gasteiger charge is 2.39. The molecule has 0 aromatic heterocycles. The van der Waals surface area contributed by atoms with Crippen LogP contribution >= 0.6 is 11.8 Å². The van der Waals surface area contributed by atoms with Crippen molar-refractivity contribution < 1.29 is 23.5 Å². The number of anilines is 1. The van der Waals surface area contributed by atoms with E-state index in [1.54, 1.807) is 37.4 Å². The van der Waals surface area contributed by atoms with Gasteiger partial charge in [-0.1, -0.05) is 41.6 Å². The molecule has 39 heavy (non-hydrogen) atoms. The first-order valence-electron chi connectivity index (χ1n) is 12.3. The number of hydrogen-bond acceptors (Lipinski definition) is 7. The fraction of sp³-hybridized carbons (Fsp3) is 0.241. The molecule has 0 bridgehead atoms. The highest BCUT2D eigenvalue weighted by molar-refractivity contribution is 8.15. The van der Waals surface area contributed by atoms with Crippen molar-refractivity contribution in [3.05, 3.63) is 89.2 Å². The third kappa shape index (κ3) is 5.80. The first-order valence-corrected chi connectivity index (χ1v) is 13.2. The van der Waals surface area contributed by atoms with Crippen LogP contribution in [0.1, 0.15) is 35.6 Å². The lowest BCUT2D eigenvalue weighted by Crippen LogP contribution is -2.25. The molecule has 200 valence electrons. The van der Waals surface area contributed by atoms with E-state index in [0.717, 1.165) is 11.1 Å². The summed E-state index contributed by atoms with van der Waals surface area (Å²) in [6.07, 6.45) is 0.377. The van der Waals surface area contributed by atoms with Crippen molar-refractivity contribution in [2.24, 2.45) is 10.1 Å². The van der Waals surface area contributed by atoms with Crippen LogP contribution < -0.4 is 14.8 Å². The molecule has 2 aliphatic heterocycles. The molecule has 0 spiro atoms. The molecule has 0 saturated heterocycles. The van der Waals surface area contributed by atoms with Crippen LogP contribution in [0.4, 0.5) is 10.1 Å². The van der Waals surface area contributed by atoms with Crippen LogP contribution in [0.15, 0.2) is 76.8 Å². The minimum atomic E-state index is -0.691. The monoisotopic (exact) mass is 546 g/mol. The number of carbonyl (C=O) groups is 2. The van der Waals surface area contributed by atoms with Gasteiger partial charge in [-0.2, -0.15) is 10.1 Å². The Labute approximate surface area is 229 Å². The third-order valence-corrected chi connectivity index (χ3v) is 7.63. The first kappa shape index (κ1) is 26.4. The maximum Gasteiger partial charge on any atom is 0.262 e. The Bertz CT molecular complexity index is 1470. The predicted molar refractivity (Wildman–Crippen MR) is 150 cm³/mol. The van der Waals surface area contributed by atoms with E-state index in [9.17, 15) is 14.0 Å². The van der Waals surface area contributed by atoms with E-state index in [4.69, 9.17) is 14.6 Å². The van der Waals surface area contributed by atoms with Gasteiger partial charge in [0, 0.05) is 24.1 Å². The van der Waals surface area contributed by atoms with Gasteiger partial charge < -0.3 is 14.8 Å². The Morgan fingerprint density at radius 3 is 2.62 bits per heavy atom. The van der Waals surface area contributed by atoms with Crippen molar-refractivity contribution in [1.29, 1.82) is 0 Å². The number of amidine groups is 1. The van der Waals surface area contributed by atoms with Crippen molar-refractivity contribution in [3.63, 3.8) is 0 Å². The van der Waals surface area contributed by atoms with Crippen LogP contribution in [-0.2, 0) is 9.59 Å². The number of amides is 2. The summed E-state index contributed by atoms with van der Waals surface area (Å²) < 4.78 is 25.2. The van der Waals surface area contributed by atoms with Gasteiger partial charge >= 0.3 is 0 Å². The summed E-state index contributed by atoms with van der Waals surface area (Å²) in [5.41, 5.74) is 3.83. The SMILES string of the molecule is COc1ccc(OC)c(C2=NN(C3=NC(=O)[C@H](CC(=O)Nc4ccc(C)cc4)S3)[C@H](c3cccc(F)c3)C2)c1. The summed E-state index contributed by atoms with van der Waals surface area (Å²) in [7, 11) is 3.15. The normalized spacial score (nSPS) is 18.6. The number of hydrazone groups is 1. The second-order valence-electron chi connectivity index (χ2n) is 9.19. The fourth-order valence-corrected chi connectivity index (χ4v) is 5.55. The highest BCUT2D eigenvalue weighted by Crippen LogP contribution is 2.40. The van der Waals surface area contributed by atoms with Crippen LogP contribution in [0.3, 0.4) is 0 Å². The van der Waals surface area contributed by atoms with Gasteiger partial charge in [0.25, 0.3) is 5.91 Å². The topological polar surface area (TPSA) is 92.6 Å². The molecular formula is C29H27FN4O4S. The van der Waals surface area contributed by atoms with E-state index in [-0.39, 0.29) is 18.1 Å². The van der Waals surface area contributed by atoms with Crippen molar-refractivity contribution in [2.75, 3.05) is 19.5 Å². The van der Waals surface area contributed by atoms with E-state index in [1.165, 1.54) is 23.9 Å². The van der Waals surface area contributed by atoms with Crippen LogP contribution in [-0.4, -0.2) is 47.2 Å². The van der Waals surface area contributed by atoms with Crippen molar-refractivity contribution >= 4 is 40.1 Å². The molecule has 8 nitrogen and oxygen atoms in total. The van der Waals surface area contributed by atoms with Gasteiger partial charge in [-0.3, -0.25) is 9.59 Å². The van der Waals surface area contributed by atoms with E-state index < -0.39 is 17.2 Å². The molecule has 2 aliphatic rings. The number of rotatable bonds is 7. The Morgan fingerprint density at radius 1 is 1.10 bits per heavy atom. The zero-order chi connectivity index (χ0) is 27.5. The van der Waals surface area contributed by atoms with Crippen LogP contribution in [0.25, 0.3) is 0 Å². The van der Waals surface area contributed by atoms with Gasteiger partial charge in [0.15, 0.2) is 5.17 Å². The smallest absolute Gasteiger partial charge is 0.262 e. The van der Waals surface area contributed by atoms with Crippen LogP contribution in [0.2, 0.25) is 0 Å². The number of methoxy groups -OCH3 is 2. The Hall–Kier alpha value is -4.18. The van der Waals surface area contributed by atoms with Gasteiger partial charge in [-0.15, -0.1) is 0 Å². The summed E-state index contributed by atoms with van der Waals surface area (Å²) in [5, 5.41) is 8.97. The molecule has 3 aromatic carbocycles. The number of ether oxygens (including phenoxy) is 2. The van der Waals surface area contributed by atoms with E-state index in [2.05, 4.69) is 10.3 Å². The fourth-order valence-electron chi connectivity index (χ4n) is 4.48. The van der Waals surface area contributed by atoms with Gasteiger partial charge in [-0.05, 0) is 55.0 Å². The molecule has 0 unspecified atom stereocenters. The quantitative estimate of drug-likeness (QED) is 0.431. The van der Waals surface area contributed by atoms with Gasteiger partial charge in [-0.25, -0.2) is 9.40 Å². The Morgan fingerprint density at radius 2 is 1.90 bits per heavy atom. The van der Waals surface area contributed by atoms with Crippen LogP contribution in [0, 0.1) is 12.7 Å². The number of halogens is 1. The molecule has 1 N–H and O–H groups in total. The molecule has 2 heterocycles. The third-order valence-electron chi connectivity index (χ3n) is 6.49. The Balaban J connectivity index is 1.40.